The van der Waals surface area contributed by atoms with Crippen LogP contribution < -0.4 is 25.0 Å². The number of carbonyl (C=O) groups is 2. The second-order valence-corrected chi connectivity index (χ2v) is 6.26. The largest absolute Gasteiger partial charge is 0.493 e. The summed E-state index contributed by atoms with van der Waals surface area (Å²) in [4.78, 5) is 26.7. The zero-order chi connectivity index (χ0) is 19.4. The lowest BCUT2D eigenvalue weighted by molar-refractivity contribution is -0.119. The van der Waals surface area contributed by atoms with Gasteiger partial charge in [-0.1, -0.05) is 18.2 Å². The maximum atomic E-state index is 12.7. The zero-order valence-electron chi connectivity index (χ0n) is 15.6. The van der Waals surface area contributed by atoms with Crippen LogP contribution in [0.5, 0.6) is 11.5 Å². The third kappa shape index (κ3) is 3.97. The van der Waals surface area contributed by atoms with E-state index < -0.39 is 12.1 Å². The number of para-hydroxylation sites is 1. The van der Waals surface area contributed by atoms with Crippen molar-refractivity contribution in [1.82, 2.24) is 5.32 Å². The van der Waals surface area contributed by atoms with Crippen LogP contribution in [0.4, 0.5) is 16.2 Å². The summed E-state index contributed by atoms with van der Waals surface area (Å²) in [5.41, 5.74) is 2.60. The average molecular weight is 369 g/mol. The zero-order valence-corrected chi connectivity index (χ0v) is 15.6. The van der Waals surface area contributed by atoms with Crippen LogP contribution in [0, 0.1) is 0 Å². The summed E-state index contributed by atoms with van der Waals surface area (Å²) in [7, 11) is 3.07. The first-order valence-corrected chi connectivity index (χ1v) is 8.72. The monoisotopic (exact) mass is 369 g/mol. The number of methoxy groups -OCH3 is 2. The SMILES string of the molecule is COc1ccc(NC(=O)N[C@H](C)C(=O)N2CCc3ccccc32)cc1OC. The molecule has 0 saturated carbocycles. The number of benzene rings is 2. The molecule has 3 amide bonds. The van der Waals surface area contributed by atoms with Crippen LogP contribution in [0.1, 0.15) is 12.5 Å². The van der Waals surface area contributed by atoms with Gasteiger partial charge < -0.3 is 25.0 Å². The van der Waals surface area contributed by atoms with Crippen molar-refractivity contribution >= 4 is 23.3 Å². The number of nitrogens with one attached hydrogen (secondary N) is 2. The molecule has 0 aliphatic carbocycles. The number of rotatable bonds is 5. The average Bonchev–Trinajstić information content (AvgIpc) is 3.11. The Morgan fingerprint density at radius 1 is 1.07 bits per heavy atom. The van der Waals surface area contributed by atoms with E-state index in [4.69, 9.17) is 9.47 Å². The highest BCUT2D eigenvalue weighted by atomic mass is 16.5. The van der Waals surface area contributed by atoms with Gasteiger partial charge in [-0.05, 0) is 37.1 Å². The van der Waals surface area contributed by atoms with E-state index in [9.17, 15) is 9.59 Å². The van der Waals surface area contributed by atoms with Crippen molar-refractivity contribution in [3.63, 3.8) is 0 Å². The third-order valence-electron chi connectivity index (χ3n) is 4.51. The van der Waals surface area contributed by atoms with Gasteiger partial charge in [-0.2, -0.15) is 0 Å². The molecule has 2 N–H and O–H groups in total. The van der Waals surface area contributed by atoms with Crippen molar-refractivity contribution in [2.45, 2.75) is 19.4 Å². The highest BCUT2D eigenvalue weighted by molar-refractivity contribution is 6.01. The molecule has 142 valence electrons. The number of amides is 3. The third-order valence-corrected chi connectivity index (χ3v) is 4.51. The molecule has 1 aliphatic rings. The molecule has 2 aromatic rings. The number of carbonyl (C=O) groups excluding carboxylic acids is 2. The van der Waals surface area contributed by atoms with Crippen LogP contribution in [0.15, 0.2) is 42.5 Å². The van der Waals surface area contributed by atoms with Gasteiger partial charge in [-0.15, -0.1) is 0 Å². The van der Waals surface area contributed by atoms with E-state index >= 15 is 0 Å². The van der Waals surface area contributed by atoms with E-state index in [1.165, 1.54) is 7.11 Å². The number of fused-ring (bicyclic) bond motifs is 1. The topological polar surface area (TPSA) is 79.9 Å². The standard InChI is InChI=1S/C20H23N3O4/c1-13(19(24)23-11-10-14-6-4-5-7-16(14)23)21-20(25)22-15-8-9-17(26-2)18(12-15)27-3/h4-9,12-13H,10-11H2,1-3H3,(H2,21,22,25)/t13-/m1/s1. The minimum absolute atomic E-state index is 0.137. The Kier molecular flexibility index (Phi) is 5.49. The Hall–Kier alpha value is -3.22. The Labute approximate surface area is 158 Å². The number of nitrogens with zero attached hydrogens (tertiary/aromatic N) is 1. The Morgan fingerprint density at radius 2 is 1.81 bits per heavy atom. The molecule has 27 heavy (non-hydrogen) atoms. The van der Waals surface area contributed by atoms with Crippen LogP contribution in [-0.4, -0.2) is 38.7 Å². The van der Waals surface area contributed by atoms with Crippen molar-refractivity contribution in [2.75, 3.05) is 31.0 Å². The number of hydrogen-bond acceptors (Lipinski definition) is 4. The Balaban J connectivity index is 1.62. The van der Waals surface area contributed by atoms with Crippen molar-refractivity contribution < 1.29 is 19.1 Å². The molecule has 0 saturated heterocycles. The molecule has 0 spiro atoms. The van der Waals surface area contributed by atoms with Crippen molar-refractivity contribution in [3.8, 4) is 11.5 Å². The molecule has 1 atom stereocenters. The van der Waals surface area contributed by atoms with Gasteiger partial charge in [-0.3, -0.25) is 4.79 Å². The van der Waals surface area contributed by atoms with Crippen molar-refractivity contribution in [1.29, 1.82) is 0 Å². The minimum atomic E-state index is -0.656. The predicted octanol–water partition coefficient (Wildman–Crippen LogP) is 2.80. The molecular weight excluding hydrogens is 346 g/mol. The normalized spacial score (nSPS) is 13.5. The van der Waals surface area contributed by atoms with E-state index in [2.05, 4.69) is 10.6 Å². The van der Waals surface area contributed by atoms with Crippen molar-refractivity contribution in [2.24, 2.45) is 0 Å². The fourth-order valence-corrected chi connectivity index (χ4v) is 3.14. The molecule has 0 unspecified atom stereocenters. The van der Waals surface area contributed by atoms with Gasteiger partial charge in [0.05, 0.1) is 14.2 Å². The van der Waals surface area contributed by atoms with Crippen LogP contribution in [0.25, 0.3) is 0 Å². The number of urea groups is 1. The molecule has 0 aromatic heterocycles. The maximum absolute atomic E-state index is 12.7. The van der Waals surface area contributed by atoms with Gasteiger partial charge in [0.2, 0.25) is 5.91 Å². The Bertz CT molecular complexity index is 853. The second kappa shape index (κ2) is 7.99. The molecule has 2 aromatic carbocycles. The molecular formula is C20H23N3O4. The Morgan fingerprint density at radius 3 is 2.56 bits per heavy atom. The fraction of sp³-hybridized carbons (Fsp3) is 0.300. The highest BCUT2D eigenvalue weighted by Crippen LogP contribution is 2.30. The maximum Gasteiger partial charge on any atom is 0.319 e. The van der Waals surface area contributed by atoms with E-state index in [-0.39, 0.29) is 5.91 Å². The smallest absolute Gasteiger partial charge is 0.319 e. The van der Waals surface area contributed by atoms with Crippen LogP contribution in [0.3, 0.4) is 0 Å². The van der Waals surface area contributed by atoms with Gasteiger partial charge in [0, 0.05) is 24.0 Å². The summed E-state index contributed by atoms with van der Waals surface area (Å²) in [6.45, 7) is 2.30. The second-order valence-electron chi connectivity index (χ2n) is 6.26. The summed E-state index contributed by atoms with van der Waals surface area (Å²) in [5, 5.41) is 5.40. The molecule has 0 radical (unpaired) electrons. The van der Waals surface area contributed by atoms with E-state index in [0.717, 1.165) is 17.7 Å². The van der Waals surface area contributed by atoms with E-state index in [1.807, 2.05) is 24.3 Å². The highest BCUT2D eigenvalue weighted by Gasteiger charge is 2.28. The quantitative estimate of drug-likeness (QED) is 0.849. The lowest BCUT2D eigenvalue weighted by atomic mass is 10.2. The first-order chi connectivity index (χ1) is 13.0. The van der Waals surface area contributed by atoms with Gasteiger partial charge in [0.25, 0.3) is 0 Å². The predicted molar refractivity (Wildman–Crippen MR) is 104 cm³/mol. The molecule has 7 heteroatoms. The number of anilines is 2. The molecule has 0 fully saturated rings. The van der Waals surface area contributed by atoms with Gasteiger partial charge in [0.15, 0.2) is 11.5 Å². The van der Waals surface area contributed by atoms with Gasteiger partial charge in [-0.25, -0.2) is 4.79 Å². The molecule has 1 aliphatic heterocycles. The molecule has 7 nitrogen and oxygen atoms in total. The van der Waals surface area contributed by atoms with Crippen LogP contribution in [0.2, 0.25) is 0 Å². The van der Waals surface area contributed by atoms with Gasteiger partial charge in [0.1, 0.15) is 6.04 Å². The lowest BCUT2D eigenvalue weighted by Gasteiger charge is -2.22. The summed E-state index contributed by atoms with van der Waals surface area (Å²) in [6, 6.07) is 11.8. The van der Waals surface area contributed by atoms with E-state index in [1.54, 1.807) is 37.1 Å². The molecule has 3 rings (SSSR count). The summed E-state index contributed by atoms with van der Waals surface area (Å²) in [6.07, 6.45) is 0.826. The first kappa shape index (κ1) is 18.6. The fourth-order valence-electron chi connectivity index (χ4n) is 3.14. The molecule has 1 heterocycles. The van der Waals surface area contributed by atoms with Crippen molar-refractivity contribution in [3.05, 3.63) is 48.0 Å². The van der Waals surface area contributed by atoms with Crippen LogP contribution in [-0.2, 0) is 11.2 Å². The van der Waals surface area contributed by atoms with E-state index in [0.29, 0.717) is 23.7 Å². The summed E-state index contributed by atoms with van der Waals surface area (Å²) in [5.74, 6) is 0.940. The number of ether oxygens (including phenoxy) is 2. The molecule has 0 bridgehead atoms. The van der Waals surface area contributed by atoms with Crippen LogP contribution >= 0.6 is 0 Å². The number of hydrogen-bond donors (Lipinski definition) is 2. The summed E-state index contributed by atoms with van der Waals surface area (Å²) >= 11 is 0. The lowest BCUT2D eigenvalue weighted by Crippen LogP contribution is -2.47. The first-order valence-electron chi connectivity index (χ1n) is 8.72. The van der Waals surface area contributed by atoms with Gasteiger partial charge >= 0.3 is 6.03 Å². The minimum Gasteiger partial charge on any atom is -0.493 e. The summed E-state index contributed by atoms with van der Waals surface area (Å²) < 4.78 is 10.4.